The average Bonchev–Trinajstić information content (AvgIpc) is 2.31. The topological polar surface area (TPSA) is 0 Å². The van der Waals surface area contributed by atoms with Gasteiger partial charge in [0.25, 0.3) is 6.43 Å². The summed E-state index contributed by atoms with van der Waals surface area (Å²) in [6.07, 6.45) is -2.92. The Morgan fingerprint density at radius 3 is 2.33 bits per heavy atom. The van der Waals surface area contributed by atoms with Crippen LogP contribution in [0.5, 0.6) is 0 Å². The molecule has 2 rings (SSSR count). The molecule has 0 aliphatic carbocycles. The van der Waals surface area contributed by atoms with E-state index in [1.54, 1.807) is 0 Å². The molecule has 0 radical (unpaired) electrons. The van der Waals surface area contributed by atoms with Crippen LogP contribution in [0.2, 0.25) is 10.0 Å². The van der Waals surface area contributed by atoms with Gasteiger partial charge in [0.2, 0.25) is 0 Å². The first-order valence-electron chi connectivity index (χ1n) is 5.02. The van der Waals surface area contributed by atoms with E-state index < -0.39 is 17.8 Å². The van der Waals surface area contributed by atoms with Crippen LogP contribution in [0.1, 0.15) is 12.0 Å². The van der Waals surface area contributed by atoms with Crippen LogP contribution >= 0.6 is 23.2 Å². The third kappa shape index (κ3) is 2.47. The van der Waals surface area contributed by atoms with Crippen LogP contribution in [-0.4, -0.2) is 0 Å². The van der Waals surface area contributed by atoms with E-state index in [4.69, 9.17) is 23.2 Å². The minimum absolute atomic E-state index is 0.0532. The lowest BCUT2D eigenvalue weighted by Crippen LogP contribution is -1.95. The van der Waals surface area contributed by atoms with Crippen molar-refractivity contribution in [2.75, 3.05) is 0 Å². The third-order valence-corrected chi connectivity index (χ3v) is 3.05. The van der Waals surface area contributed by atoms with E-state index in [1.807, 2.05) is 0 Å². The molecule has 0 saturated carbocycles. The Morgan fingerprint density at radius 2 is 1.67 bits per heavy atom. The molecular formula is C13H7Cl2F3. The Kier molecular flexibility index (Phi) is 3.83. The van der Waals surface area contributed by atoms with Crippen LogP contribution in [0.15, 0.2) is 36.4 Å². The Bertz CT molecular complexity index is 582. The fraction of sp³-hybridized carbons (Fsp3) is 0.0769. The second-order valence-corrected chi connectivity index (χ2v) is 4.47. The van der Waals surface area contributed by atoms with Gasteiger partial charge in [-0.25, -0.2) is 13.2 Å². The first-order chi connectivity index (χ1) is 8.50. The monoisotopic (exact) mass is 290 g/mol. The Balaban J connectivity index is 2.71. The van der Waals surface area contributed by atoms with E-state index in [2.05, 4.69) is 0 Å². The molecule has 0 aliphatic heterocycles. The lowest BCUT2D eigenvalue weighted by Gasteiger charge is -2.11. The summed E-state index contributed by atoms with van der Waals surface area (Å²) in [4.78, 5) is 0. The van der Waals surface area contributed by atoms with Crippen LogP contribution in [0.4, 0.5) is 13.2 Å². The van der Waals surface area contributed by atoms with Gasteiger partial charge in [-0.2, -0.15) is 0 Å². The summed E-state index contributed by atoms with van der Waals surface area (Å²) in [6.45, 7) is 0. The van der Waals surface area contributed by atoms with Crippen LogP contribution in [0.25, 0.3) is 11.1 Å². The molecule has 0 bridgehead atoms. The van der Waals surface area contributed by atoms with E-state index in [9.17, 15) is 13.2 Å². The lowest BCUT2D eigenvalue weighted by molar-refractivity contribution is 0.147. The number of hydrogen-bond donors (Lipinski definition) is 0. The van der Waals surface area contributed by atoms with Gasteiger partial charge in [-0.15, -0.1) is 0 Å². The quantitative estimate of drug-likeness (QED) is 0.662. The number of alkyl halides is 2. The van der Waals surface area contributed by atoms with E-state index in [0.717, 1.165) is 6.07 Å². The van der Waals surface area contributed by atoms with Crippen molar-refractivity contribution in [1.82, 2.24) is 0 Å². The zero-order valence-corrected chi connectivity index (χ0v) is 10.4. The molecule has 2 aromatic rings. The van der Waals surface area contributed by atoms with E-state index in [1.165, 1.54) is 30.3 Å². The highest BCUT2D eigenvalue weighted by molar-refractivity contribution is 6.35. The maximum Gasteiger partial charge on any atom is 0.267 e. The molecule has 0 heterocycles. The third-order valence-electron chi connectivity index (χ3n) is 2.49. The summed E-state index contributed by atoms with van der Waals surface area (Å²) < 4.78 is 39.2. The number of benzene rings is 2. The maximum absolute atomic E-state index is 13.5. The molecule has 0 unspecified atom stereocenters. The average molecular weight is 291 g/mol. The number of halogens is 5. The minimum atomic E-state index is -2.92. The fourth-order valence-electron chi connectivity index (χ4n) is 1.70. The van der Waals surface area contributed by atoms with E-state index in [0.29, 0.717) is 10.6 Å². The zero-order chi connectivity index (χ0) is 13.3. The highest BCUT2D eigenvalue weighted by Gasteiger charge is 2.20. The van der Waals surface area contributed by atoms with Crippen molar-refractivity contribution in [2.24, 2.45) is 0 Å². The van der Waals surface area contributed by atoms with Crippen LogP contribution in [0, 0.1) is 5.82 Å². The predicted octanol–water partition coefficient (Wildman–Crippen LogP) is 5.74. The van der Waals surface area contributed by atoms with Crippen LogP contribution < -0.4 is 0 Å². The number of rotatable bonds is 2. The van der Waals surface area contributed by atoms with Gasteiger partial charge in [-0.05, 0) is 29.8 Å². The Labute approximate surface area is 112 Å². The van der Waals surface area contributed by atoms with Gasteiger partial charge in [-0.1, -0.05) is 35.3 Å². The van der Waals surface area contributed by atoms with Gasteiger partial charge >= 0.3 is 0 Å². The molecular weight excluding hydrogens is 284 g/mol. The smallest absolute Gasteiger partial charge is 0.206 e. The number of hydrogen-bond acceptors (Lipinski definition) is 0. The maximum atomic E-state index is 13.5. The van der Waals surface area contributed by atoms with Crippen molar-refractivity contribution in [3.8, 4) is 11.1 Å². The summed E-state index contributed by atoms with van der Waals surface area (Å²) >= 11 is 11.7. The first-order valence-corrected chi connectivity index (χ1v) is 5.78. The fourth-order valence-corrected chi connectivity index (χ4v) is 2.09. The summed E-state index contributed by atoms with van der Waals surface area (Å²) in [7, 11) is 0. The summed E-state index contributed by atoms with van der Waals surface area (Å²) in [5.74, 6) is -0.960. The second kappa shape index (κ2) is 5.21. The van der Waals surface area contributed by atoms with Crippen molar-refractivity contribution in [1.29, 1.82) is 0 Å². The largest absolute Gasteiger partial charge is 0.267 e. The Morgan fingerprint density at radius 1 is 0.944 bits per heavy atom. The molecule has 0 aromatic heterocycles. The molecule has 0 N–H and O–H groups in total. The van der Waals surface area contributed by atoms with Gasteiger partial charge in [0, 0.05) is 15.6 Å². The van der Waals surface area contributed by atoms with Crippen LogP contribution in [0.3, 0.4) is 0 Å². The van der Waals surface area contributed by atoms with Crippen LogP contribution in [-0.2, 0) is 0 Å². The molecule has 5 heteroatoms. The molecule has 0 saturated heterocycles. The molecule has 0 aliphatic rings. The molecule has 0 fully saturated rings. The van der Waals surface area contributed by atoms with Crippen molar-refractivity contribution >= 4 is 23.2 Å². The van der Waals surface area contributed by atoms with Crippen molar-refractivity contribution in [3.63, 3.8) is 0 Å². The van der Waals surface area contributed by atoms with E-state index >= 15 is 0 Å². The molecule has 2 aromatic carbocycles. The molecule has 0 amide bonds. The SMILES string of the molecule is Fc1cccc(-c2cc(Cl)ccc2Cl)c1C(F)F. The normalized spacial score (nSPS) is 11.0. The molecule has 0 spiro atoms. The lowest BCUT2D eigenvalue weighted by atomic mass is 9.99. The van der Waals surface area contributed by atoms with Crippen molar-refractivity contribution in [2.45, 2.75) is 6.43 Å². The predicted molar refractivity (Wildman–Crippen MR) is 66.8 cm³/mol. The van der Waals surface area contributed by atoms with E-state index in [-0.39, 0.29) is 10.6 Å². The molecule has 0 atom stereocenters. The summed E-state index contributed by atoms with van der Waals surface area (Å²) in [5, 5.41) is 0.589. The molecule has 94 valence electrons. The van der Waals surface area contributed by atoms with Crippen molar-refractivity contribution < 1.29 is 13.2 Å². The minimum Gasteiger partial charge on any atom is -0.206 e. The Hall–Kier alpha value is -1.19. The second-order valence-electron chi connectivity index (χ2n) is 3.63. The van der Waals surface area contributed by atoms with Gasteiger partial charge in [-0.3, -0.25) is 0 Å². The summed E-state index contributed by atoms with van der Waals surface area (Å²) in [5.41, 5.74) is -0.321. The zero-order valence-electron chi connectivity index (χ0n) is 8.93. The van der Waals surface area contributed by atoms with Gasteiger partial charge < -0.3 is 0 Å². The van der Waals surface area contributed by atoms with Gasteiger partial charge in [0.1, 0.15) is 5.82 Å². The highest BCUT2D eigenvalue weighted by Crippen LogP contribution is 2.37. The van der Waals surface area contributed by atoms with Gasteiger partial charge in [0.05, 0.1) is 5.56 Å². The van der Waals surface area contributed by atoms with Gasteiger partial charge in [0.15, 0.2) is 0 Å². The molecule has 18 heavy (non-hydrogen) atoms. The summed E-state index contributed by atoms with van der Waals surface area (Å²) in [6, 6.07) is 8.19. The first kappa shape index (κ1) is 13.2. The molecule has 0 nitrogen and oxygen atoms in total. The highest BCUT2D eigenvalue weighted by atomic mass is 35.5. The standard InChI is InChI=1S/C13H7Cl2F3/c14-7-4-5-10(15)9(6-7)8-2-1-3-11(16)12(8)13(17)18/h1-6,13H. The van der Waals surface area contributed by atoms with Crippen molar-refractivity contribution in [3.05, 3.63) is 57.8 Å².